The van der Waals surface area contributed by atoms with Gasteiger partial charge in [0.05, 0.1) is 18.8 Å². The van der Waals surface area contributed by atoms with E-state index in [2.05, 4.69) is 12.2 Å². The Morgan fingerprint density at radius 2 is 1.38 bits per heavy atom. The van der Waals surface area contributed by atoms with E-state index in [0.29, 0.717) is 41.5 Å². The van der Waals surface area contributed by atoms with Gasteiger partial charge < -0.3 is 29.5 Å². The van der Waals surface area contributed by atoms with Gasteiger partial charge in [-0.1, -0.05) is 75.1 Å². The van der Waals surface area contributed by atoms with Crippen molar-refractivity contribution in [3.63, 3.8) is 0 Å². The van der Waals surface area contributed by atoms with Crippen molar-refractivity contribution >= 4 is 29.4 Å². The van der Waals surface area contributed by atoms with Gasteiger partial charge in [0, 0.05) is 24.7 Å². The first-order valence-corrected chi connectivity index (χ1v) is 16.8. The zero-order chi connectivity index (χ0) is 35.7. The molecule has 4 aromatic rings. The van der Waals surface area contributed by atoms with Crippen molar-refractivity contribution in [1.29, 1.82) is 0 Å². The van der Waals surface area contributed by atoms with Gasteiger partial charge in [-0.3, -0.25) is 9.59 Å². The molecule has 0 unspecified atom stereocenters. The van der Waals surface area contributed by atoms with Gasteiger partial charge in [0.1, 0.15) is 24.1 Å². The van der Waals surface area contributed by atoms with Gasteiger partial charge in [-0.2, -0.15) is 0 Å². The standard InChI is InChI=1S/C40H44N2O8/c1-3-4-5-6-10-25-49-34-23-17-32(18-24-34)40(47)50-35-21-13-29(14-22-35)26-36(39(45)46)41-38(44)31-15-19-33(20-16-31)42(2)37(43)28-48-27-30-11-8-7-9-12-30/h7-9,11-24,36H,3-6,10,25-28H2,1-2H3,(H,41,44)(H,45,46)/t36-/m0/s1. The van der Waals surface area contributed by atoms with Crippen LogP contribution in [-0.2, 0) is 27.4 Å². The van der Waals surface area contributed by atoms with Crippen LogP contribution in [-0.4, -0.2) is 55.2 Å². The number of aliphatic carboxylic acids is 1. The van der Waals surface area contributed by atoms with E-state index in [-0.39, 0.29) is 24.5 Å². The van der Waals surface area contributed by atoms with Crippen LogP contribution in [0, 0.1) is 0 Å². The molecule has 10 nitrogen and oxygen atoms in total. The lowest BCUT2D eigenvalue weighted by molar-refractivity contribution is -0.139. The van der Waals surface area contributed by atoms with Gasteiger partial charge in [-0.25, -0.2) is 9.59 Å². The van der Waals surface area contributed by atoms with Gasteiger partial charge in [0.15, 0.2) is 0 Å². The molecule has 0 heterocycles. The Labute approximate surface area is 293 Å². The highest BCUT2D eigenvalue weighted by Gasteiger charge is 2.22. The number of anilines is 1. The fourth-order valence-corrected chi connectivity index (χ4v) is 5.03. The molecule has 4 aromatic carbocycles. The number of ether oxygens (including phenoxy) is 3. The molecule has 0 bridgehead atoms. The molecule has 262 valence electrons. The molecule has 0 spiro atoms. The number of carboxylic acid groups (broad SMARTS) is 1. The van der Waals surface area contributed by atoms with Crippen LogP contribution in [0.1, 0.15) is 70.9 Å². The highest BCUT2D eigenvalue weighted by molar-refractivity contribution is 5.98. The predicted octanol–water partition coefficient (Wildman–Crippen LogP) is 6.86. The summed E-state index contributed by atoms with van der Waals surface area (Å²) in [6.07, 6.45) is 5.76. The van der Waals surface area contributed by atoms with E-state index >= 15 is 0 Å². The van der Waals surface area contributed by atoms with Crippen LogP contribution in [0.25, 0.3) is 0 Å². The maximum atomic E-state index is 12.9. The number of carbonyl (C=O) groups excluding carboxylic acids is 3. The van der Waals surface area contributed by atoms with E-state index in [0.717, 1.165) is 18.4 Å². The highest BCUT2D eigenvalue weighted by atomic mass is 16.5. The van der Waals surface area contributed by atoms with Crippen LogP contribution in [0.5, 0.6) is 11.5 Å². The monoisotopic (exact) mass is 680 g/mol. The zero-order valence-electron chi connectivity index (χ0n) is 28.5. The number of amides is 2. The SMILES string of the molecule is CCCCCCCOc1ccc(C(=O)Oc2ccc(C[C@H](NC(=O)c3ccc(N(C)C(=O)COCc4ccccc4)cc3)C(=O)O)cc2)cc1. The number of hydrogen-bond donors (Lipinski definition) is 2. The van der Waals surface area contributed by atoms with Crippen LogP contribution < -0.4 is 19.7 Å². The number of carbonyl (C=O) groups is 4. The van der Waals surface area contributed by atoms with E-state index in [4.69, 9.17) is 14.2 Å². The molecule has 0 aromatic heterocycles. The summed E-state index contributed by atoms with van der Waals surface area (Å²) in [5, 5.41) is 12.4. The molecular weight excluding hydrogens is 636 g/mol. The van der Waals surface area contributed by atoms with Gasteiger partial charge in [0.25, 0.3) is 11.8 Å². The maximum absolute atomic E-state index is 12.9. The number of nitrogens with one attached hydrogen (secondary N) is 1. The normalized spacial score (nSPS) is 11.3. The molecule has 2 N–H and O–H groups in total. The predicted molar refractivity (Wildman–Crippen MR) is 191 cm³/mol. The average Bonchev–Trinajstić information content (AvgIpc) is 3.13. The topological polar surface area (TPSA) is 131 Å². The van der Waals surface area contributed by atoms with E-state index in [1.807, 2.05) is 30.3 Å². The van der Waals surface area contributed by atoms with Crippen molar-refractivity contribution in [1.82, 2.24) is 5.32 Å². The number of rotatable bonds is 19. The van der Waals surface area contributed by atoms with E-state index in [9.17, 15) is 24.3 Å². The molecule has 10 heteroatoms. The van der Waals surface area contributed by atoms with Crippen molar-refractivity contribution in [2.24, 2.45) is 0 Å². The second-order valence-electron chi connectivity index (χ2n) is 11.9. The number of likely N-dealkylation sites (N-methyl/N-ethyl adjacent to an activating group) is 1. The summed E-state index contributed by atoms with van der Waals surface area (Å²) in [7, 11) is 1.61. The third kappa shape index (κ3) is 11.9. The molecule has 0 fully saturated rings. The smallest absolute Gasteiger partial charge is 0.343 e. The Morgan fingerprint density at radius 1 is 0.740 bits per heavy atom. The van der Waals surface area contributed by atoms with Crippen molar-refractivity contribution in [3.8, 4) is 11.5 Å². The molecule has 0 aliphatic heterocycles. The second-order valence-corrected chi connectivity index (χ2v) is 11.9. The molecular formula is C40H44N2O8. The third-order valence-corrected chi connectivity index (χ3v) is 8.01. The first-order chi connectivity index (χ1) is 24.2. The van der Waals surface area contributed by atoms with Crippen LogP contribution in [0.2, 0.25) is 0 Å². The number of esters is 1. The summed E-state index contributed by atoms with van der Waals surface area (Å²) < 4.78 is 16.8. The maximum Gasteiger partial charge on any atom is 0.343 e. The summed E-state index contributed by atoms with van der Waals surface area (Å²) in [5.74, 6) is -1.56. The molecule has 0 radical (unpaired) electrons. The summed E-state index contributed by atoms with van der Waals surface area (Å²) >= 11 is 0. The molecule has 0 saturated carbocycles. The fraction of sp³-hybridized carbons (Fsp3) is 0.300. The molecule has 0 aliphatic rings. The summed E-state index contributed by atoms with van der Waals surface area (Å²) in [6.45, 7) is 3.01. The summed E-state index contributed by atoms with van der Waals surface area (Å²) in [4.78, 5) is 51.6. The number of unbranched alkanes of at least 4 members (excludes halogenated alkanes) is 4. The van der Waals surface area contributed by atoms with Gasteiger partial charge in [-0.15, -0.1) is 0 Å². The highest BCUT2D eigenvalue weighted by Crippen LogP contribution is 2.19. The Morgan fingerprint density at radius 3 is 2.04 bits per heavy atom. The first kappa shape index (κ1) is 37.3. The Hall–Kier alpha value is -5.48. The number of hydrogen-bond acceptors (Lipinski definition) is 7. The minimum absolute atomic E-state index is 0.00761. The molecule has 4 rings (SSSR count). The van der Waals surface area contributed by atoms with Crippen LogP contribution >= 0.6 is 0 Å². The first-order valence-electron chi connectivity index (χ1n) is 16.8. The van der Waals surface area contributed by atoms with E-state index in [1.54, 1.807) is 67.7 Å². The van der Waals surface area contributed by atoms with Crippen molar-refractivity contribution in [2.45, 2.75) is 58.1 Å². The minimum Gasteiger partial charge on any atom is -0.494 e. The summed E-state index contributed by atoms with van der Waals surface area (Å²) in [5.41, 5.74) is 2.75. The molecule has 50 heavy (non-hydrogen) atoms. The van der Waals surface area contributed by atoms with Gasteiger partial charge in [-0.05, 0) is 78.2 Å². The second kappa shape index (κ2) is 19.5. The van der Waals surface area contributed by atoms with Gasteiger partial charge >= 0.3 is 11.9 Å². The Kier molecular flexibility index (Phi) is 14.6. The lowest BCUT2D eigenvalue weighted by Crippen LogP contribution is -2.42. The summed E-state index contributed by atoms with van der Waals surface area (Å²) in [6, 6.07) is 27.8. The number of carboxylic acids is 1. The van der Waals surface area contributed by atoms with Crippen LogP contribution in [0.15, 0.2) is 103 Å². The van der Waals surface area contributed by atoms with Crippen LogP contribution in [0.3, 0.4) is 0 Å². The minimum atomic E-state index is -1.21. The molecule has 2 amide bonds. The number of nitrogens with zero attached hydrogens (tertiary/aromatic N) is 1. The average molecular weight is 681 g/mol. The lowest BCUT2D eigenvalue weighted by Gasteiger charge is -2.18. The van der Waals surface area contributed by atoms with Crippen molar-refractivity contribution in [3.05, 3.63) is 125 Å². The third-order valence-electron chi connectivity index (χ3n) is 8.01. The Balaban J connectivity index is 1.23. The molecule has 0 saturated heterocycles. The lowest BCUT2D eigenvalue weighted by atomic mass is 10.0. The quantitative estimate of drug-likeness (QED) is 0.0624. The Bertz CT molecular complexity index is 1670. The van der Waals surface area contributed by atoms with Gasteiger partial charge in [0.2, 0.25) is 0 Å². The molecule has 1 atom stereocenters. The fourth-order valence-electron chi connectivity index (χ4n) is 5.03. The van der Waals surface area contributed by atoms with Crippen LogP contribution in [0.4, 0.5) is 5.69 Å². The van der Waals surface area contributed by atoms with Crippen molar-refractivity contribution < 1.29 is 38.5 Å². The van der Waals surface area contributed by atoms with Crippen molar-refractivity contribution in [2.75, 3.05) is 25.2 Å². The molecule has 0 aliphatic carbocycles. The largest absolute Gasteiger partial charge is 0.494 e. The van der Waals surface area contributed by atoms with E-state index in [1.165, 1.54) is 36.3 Å². The zero-order valence-corrected chi connectivity index (χ0v) is 28.5. The number of benzene rings is 4. The van der Waals surface area contributed by atoms with E-state index < -0.39 is 23.9 Å².